The molecule has 0 aromatic heterocycles. The first-order valence-corrected chi connectivity index (χ1v) is 11.7. The molecule has 160 valence electrons. The zero-order valence-electron chi connectivity index (χ0n) is 17.6. The van der Waals surface area contributed by atoms with Crippen LogP contribution >= 0.6 is 11.8 Å². The molecule has 0 radical (unpaired) electrons. The normalized spacial score (nSPS) is 19.6. The summed E-state index contributed by atoms with van der Waals surface area (Å²) in [7, 11) is 1.83. The Kier molecular flexibility index (Phi) is 7.98. The number of hydrogen-bond acceptors (Lipinski definition) is 6. The summed E-state index contributed by atoms with van der Waals surface area (Å²) in [4.78, 5) is 28.6. The first kappa shape index (κ1) is 22.1. The Bertz CT molecular complexity index is 666. The predicted molar refractivity (Wildman–Crippen MR) is 116 cm³/mol. The number of carbonyl (C=O) groups excluding carboxylic acids is 2. The molecule has 1 amide bonds. The quantitative estimate of drug-likeness (QED) is 0.464. The minimum Gasteiger partial charge on any atom is -0.466 e. The molecule has 0 bridgehead atoms. The molecule has 7 heteroatoms. The summed E-state index contributed by atoms with van der Waals surface area (Å²) < 4.78 is 4.80. The average molecular weight is 420 g/mol. The molecule has 6 nitrogen and oxygen atoms in total. The van der Waals surface area contributed by atoms with Gasteiger partial charge in [0.15, 0.2) is 0 Å². The summed E-state index contributed by atoms with van der Waals surface area (Å²) in [6.07, 6.45) is 5.64. The van der Waals surface area contributed by atoms with Crippen LogP contribution in [-0.2, 0) is 20.9 Å². The lowest BCUT2D eigenvalue weighted by Crippen LogP contribution is -2.61. The van der Waals surface area contributed by atoms with E-state index in [9.17, 15) is 9.59 Å². The standard InChI is InChI=1S/C22H33N3O3S/c1-23-19(14-28-17-26)5-8-21(27)25-15-22(16-25)9-11-24(12-10-22)13-18-3-6-20(29-2)7-4-18/h3-4,6-7,17,19,23H,5,8-16H2,1-2H3. The van der Waals surface area contributed by atoms with E-state index in [0.717, 1.165) is 32.7 Å². The van der Waals surface area contributed by atoms with Crippen LogP contribution in [0.15, 0.2) is 29.2 Å². The minimum atomic E-state index is 0.0348. The van der Waals surface area contributed by atoms with Crippen molar-refractivity contribution in [1.29, 1.82) is 0 Å². The first-order chi connectivity index (χ1) is 14.1. The zero-order chi connectivity index (χ0) is 20.7. The third-order valence-corrected chi connectivity index (χ3v) is 7.11. The molecular weight excluding hydrogens is 386 g/mol. The van der Waals surface area contributed by atoms with E-state index < -0.39 is 0 Å². The largest absolute Gasteiger partial charge is 0.466 e. The van der Waals surface area contributed by atoms with Gasteiger partial charge in [-0.15, -0.1) is 11.8 Å². The summed E-state index contributed by atoms with van der Waals surface area (Å²) in [6, 6.07) is 8.90. The van der Waals surface area contributed by atoms with Gasteiger partial charge in [-0.25, -0.2) is 0 Å². The number of amides is 1. The van der Waals surface area contributed by atoms with Gasteiger partial charge in [-0.3, -0.25) is 14.5 Å². The fourth-order valence-corrected chi connectivity index (χ4v) is 4.76. The topological polar surface area (TPSA) is 61.9 Å². The first-order valence-electron chi connectivity index (χ1n) is 10.4. The highest BCUT2D eigenvalue weighted by atomic mass is 32.2. The van der Waals surface area contributed by atoms with E-state index in [0.29, 0.717) is 31.3 Å². The van der Waals surface area contributed by atoms with Gasteiger partial charge in [0, 0.05) is 42.4 Å². The summed E-state index contributed by atoms with van der Waals surface area (Å²) in [5, 5.41) is 3.09. The van der Waals surface area contributed by atoms with Gasteiger partial charge in [-0.1, -0.05) is 12.1 Å². The monoisotopic (exact) mass is 419 g/mol. The van der Waals surface area contributed by atoms with Crippen LogP contribution in [0.3, 0.4) is 0 Å². The fourth-order valence-electron chi connectivity index (χ4n) is 4.35. The molecule has 1 aromatic rings. The molecule has 0 aliphatic carbocycles. The van der Waals surface area contributed by atoms with Crippen molar-refractivity contribution in [3.8, 4) is 0 Å². The third-order valence-electron chi connectivity index (χ3n) is 6.37. The number of rotatable bonds is 10. The SMILES string of the molecule is CNC(CCC(=O)N1CC2(CCN(Cc3ccc(SC)cc3)CC2)C1)COC=O. The average Bonchev–Trinajstić information content (AvgIpc) is 2.73. The lowest BCUT2D eigenvalue weighted by atomic mass is 9.71. The Labute approximate surface area is 178 Å². The number of likely N-dealkylation sites (tertiary alicyclic amines) is 2. The molecule has 1 spiro atoms. The Balaban J connectivity index is 1.37. The molecule has 1 atom stereocenters. The van der Waals surface area contributed by atoms with Gasteiger partial charge in [0.05, 0.1) is 0 Å². The number of ether oxygens (including phenoxy) is 1. The molecule has 1 aromatic carbocycles. The summed E-state index contributed by atoms with van der Waals surface area (Å²) in [6.45, 7) is 5.80. The molecular formula is C22H33N3O3S. The summed E-state index contributed by atoms with van der Waals surface area (Å²) >= 11 is 1.78. The third kappa shape index (κ3) is 5.96. The maximum atomic E-state index is 12.5. The molecule has 1 N–H and O–H groups in total. The van der Waals surface area contributed by atoms with Crippen LogP contribution in [-0.4, -0.2) is 74.3 Å². The number of thioether (sulfide) groups is 1. The lowest BCUT2D eigenvalue weighted by molar-refractivity contribution is -0.147. The van der Waals surface area contributed by atoms with Crippen molar-refractivity contribution in [3.63, 3.8) is 0 Å². The molecule has 2 aliphatic heterocycles. The van der Waals surface area contributed by atoms with Crippen LogP contribution in [0.4, 0.5) is 0 Å². The summed E-state index contributed by atoms with van der Waals surface area (Å²) in [5.74, 6) is 0.221. The van der Waals surface area contributed by atoms with Crippen LogP contribution in [0.1, 0.15) is 31.2 Å². The molecule has 3 rings (SSSR count). The van der Waals surface area contributed by atoms with Gasteiger partial charge in [0.2, 0.25) is 5.91 Å². The molecule has 0 saturated carbocycles. The van der Waals surface area contributed by atoms with E-state index in [2.05, 4.69) is 40.7 Å². The Morgan fingerprint density at radius 2 is 1.97 bits per heavy atom. The highest BCUT2D eigenvalue weighted by Gasteiger charge is 2.46. The highest BCUT2D eigenvalue weighted by molar-refractivity contribution is 7.98. The lowest BCUT2D eigenvalue weighted by Gasteiger charge is -2.54. The molecule has 1 unspecified atom stereocenters. The van der Waals surface area contributed by atoms with E-state index >= 15 is 0 Å². The van der Waals surface area contributed by atoms with E-state index in [4.69, 9.17) is 4.74 Å². The van der Waals surface area contributed by atoms with Crippen LogP contribution in [0.5, 0.6) is 0 Å². The number of hydrogen-bond donors (Lipinski definition) is 1. The Morgan fingerprint density at radius 3 is 2.55 bits per heavy atom. The Morgan fingerprint density at radius 1 is 1.28 bits per heavy atom. The highest BCUT2D eigenvalue weighted by Crippen LogP contribution is 2.41. The van der Waals surface area contributed by atoms with Gasteiger partial charge in [0.1, 0.15) is 6.61 Å². The van der Waals surface area contributed by atoms with E-state index in [1.54, 1.807) is 11.8 Å². The van der Waals surface area contributed by atoms with Crippen molar-refractivity contribution < 1.29 is 14.3 Å². The number of nitrogens with zero attached hydrogens (tertiary/aromatic N) is 2. The zero-order valence-corrected chi connectivity index (χ0v) is 18.4. The van der Waals surface area contributed by atoms with Gasteiger partial charge < -0.3 is 15.0 Å². The van der Waals surface area contributed by atoms with Crippen molar-refractivity contribution in [3.05, 3.63) is 29.8 Å². The van der Waals surface area contributed by atoms with Gasteiger partial charge in [-0.05, 0) is 63.4 Å². The Hall–Kier alpha value is -1.57. The van der Waals surface area contributed by atoms with Crippen LogP contribution in [0, 0.1) is 5.41 Å². The molecule has 2 aliphatic rings. The fraction of sp³-hybridized carbons (Fsp3) is 0.636. The van der Waals surface area contributed by atoms with Crippen molar-refractivity contribution in [2.75, 3.05) is 46.1 Å². The predicted octanol–water partition coefficient (Wildman–Crippen LogP) is 2.37. The van der Waals surface area contributed by atoms with Crippen LogP contribution in [0.25, 0.3) is 0 Å². The van der Waals surface area contributed by atoms with E-state index in [1.807, 2.05) is 11.9 Å². The minimum absolute atomic E-state index is 0.0348. The smallest absolute Gasteiger partial charge is 0.293 e. The van der Waals surface area contributed by atoms with E-state index in [1.165, 1.54) is 23.3 Å². The number of nitrogens with one attached hydrogen (secondary N) is 1. The maximum Gasteiger partial charge on any atom is 0.293 e. The van der Waals surface area contributed by atoms with Crippen molar-refractivity contribution in [2.45, 2.75) is 43.2 Å². The van der Waals surface area contributed by atoms with Gasteiger partial charge >= 0.3 is 0 Å². The van der Waals surface area contributed by atoms with Crippen LogP contribution in [0.2, 0.25) is 0 Å². The molecule has 29 heavy (non-hydrogen) atoms. The maximum absolute atomic E-state index is 12.5. The van der Waals surface area contributed by atoms with Crippen molar-refractivity contribution in [1.82, 2.24) is 15.1 Å². The van der Waals surface area contributed by atoms with Crippen molar-refractivity contribution in [2.24, 2.45) is 5.41 Å². The number of piperidine rings is 1. The second-order valence-electron chi connectivity index (χ2n) is 8.33. The van der Waals surface area contributed by atoms with Crippen molar-refractivity contribution >= 4 is 24.1 Å². The number of benzene rings is 1. The van der Waals surface area contributed by atoms with Gasteiger partial charge in [-0.2, -0.15) is 0 Å². The van der Waals surface area contributed by atoms with Crippen LogP contribution < -0.4 is 5.32 Å². The van der Waals surface area contributed by atoms with Gasteiger partial charge in [0.25, 0.3) is 6.47 Å². The molecule has 2 fully saturated rings. The molecule has 2 heterocycles. The second-order valence-corrected chi connectivity index (χ2v) is 9.21. The number of likely N-dealkylation sites (N-methyl/N-ethyl adjacent to an activating group) is 1. The molecule has 2 saturated heterocycles. The second kappa shape index (κ2) is 10.5. The van der Waals surface area contributed by atoms with E-state index in [-0.39, 0.29) is 11.9 Å². The summed E-state index contributed by atoms with van der Waals surface area (Å²) in [5.41, 5.74) is 1.71. The number of carbonyl (C=O) groups is 2.